The lowest BCUT2D eigenvalue weighted by molar-refractivity contribution is 0.435. The van der Waals surface area contributed by atoms with Crippen molar-refractivity contribution in [3.63, 3.8) is 0 Å². The van der Waals surface area contributed by atoms with E-state index in [2.05, 4.69) is 310 Å². The standard InChI is InChI=1S/2C27H27N9/c2*1-2-23-14-32-9-10-34(20-32)16-25-5-6-27(30-25)18-36-12-11-35(21-36)17-26-4-3-24(29-26)15-33-8-7-31(19-33)13-22(1)28-23/h2*1-18,28-30H,19-21H2/b22-13-,23-14+,24-15-,25-16-,26-17+,27-18?;22-13-,23-14-,24-15-,25-16-,26-17-,27-18?. The Morgan fingerprint density at radius 1 is 0.167 bits per heavy atom. The van der Waals surface area contributed by atoms with E-state index in [1.54, 1.807) is 0 Å². The predicted molar refractivity (Wildman–Crippen MR) is 280 cm³/mol. The average Bonchev–Trinajstić information content (AvgIpc) is 4.18. The fraction of sp³-hybridized carbons (Fsp3) is 0.111. The van der Waals surface area contributed by atoms with E-state index in [9.17, 15) is 0 Å². The van der Waals surface area contributed by atoms with Crippen molar-refractivity contribution in [1.82, 2.24) is 88.7 Å². The number of rotatable bonds is 0. The van der Waals surface area contributed by atoms with Gasteiger partial charge in [0.15, 0.2) is 0 Å². The summed E-state index contributed by atoms with van der Waals surface area (Å²) in [4.78, 5) is 46.9. The van der Waals surface area contributed by atoms with Crippen molar-refractivity contribution in [3.05, 3.63) is 211 Å². The van der Waals surface area contributed by atoms with Crippen LogP contribution in [0.3, 0.4) is 0 Å². The van der Waals surface area contributed by atoms with Crippen LogP contribution in [0.5, 0.6) is 0 Å². The molecule has 0 radical (unpaired) electrons. The lowest BCUT2D eigenvalue weighted by Gasteiger charge is -2.14. The number of nitrogens with zero attached hydrogens (tertiary/aromatic N) is 12. The quantitative estimate of drug-likeness (QED) is 0.0949. The maximum Gasteiger partial charge on any atom is 0.0979 e. The second-order valence-electron chi connectivity index (χ2n) is 18.6. The van der Waals surface area contributed by atoms with E-state index in [1.807, 2.05) is 0 Å². The number of hydrogen-bond donors (Lipinski definition) is 6. The minimum atomic E-state index is 0.759. The smallest absolute Gasteiger partial charge is 0.0979 e. The van der Waals surface area contributed by atoms with Gasteiger partial charge in [0.1, 0.15) is 0 Å². The second-order valence-corrected chi connectivity index (χ2v) is 18.6. The first-order valence-corrected chi connectivity index (χ1v) is 23.9. The number of fused-ring (bicyclic) bond motifs is 24. The molecule has 0 unspecified atom stereocenters. The molecule has 0 amide bonds. The minimum absolute atomic E-state index is 0.759. The Balaban J connectivity index is 0.000000140. The highest BCUT2D eigenvalue weighted by Gasteiger charge is 2.14. The highest BCUT2D eigenvalue weighted by molar-refractivity contribution is 5.37. The molecular weight excluding hydrogens is 901 g/mol. The zero-order chi connectivity index (χ0) is 47.8. The molecule has 0 saturated carbocycles. The minimum Gasteiger partial charge on any atom is -0.353 e. The summed E-state index contributed by atoms with van der Waals surface area (Å²) in [6, 6.07) is 25.3. The summed E-state index contributed by atoms with van der Waals surface area (Å²) in [6.45, 7) is 4.55. The van der Waals surface area contributed by atoms with Crippen molar-refractivity contribution < 1.29 is 0 Å². The molecular formula is C54H54N18. The molecule has 0 aromatic carbocycles. The maximum atomic E-state index is 3.49. The van der Waals surface area contributed by atoms with Crippen molar-refractivity contribution >= 4 is 74.4 Å². The van der Waals surface area contributed by atoms with Crippen molar-refractivity contribution in [2.45, 2.75) is 0 Å². The van der Waals surface area contributed by atoms with Gasteiger partial charge < -0.3 is 88.7 Å². The van der Waals surface area contributed by atoms with Gasteiger partial charge >= 0.3 is 0 Å². The highest BCUT2D eigenvalue weighted by atomic mass is 15.4. The summed E-state index contributed by atoms with van der Waals surface area (Å²) in [5.74, 6) is 0. The van der Waals surface area contributed by atoms with Crippen LogP contribution in [0.4, 0.5) is 0 Å². The summed E-state index contributed by atoms with van der Waals surface area (Å²) >= 11 is 0. The van der Waals surface area contributed by atoms with E-state index in [4.69, 9.17) is 0 Å². The Hall–Kier alpha value is -9.84. The lowest BCUT2D eigenvalue weighted by Crippen LogP contribution is -2.25. The lowest BCUT2D eigenvalue weighted by atomic mass is 10.5. The zero-order valence-corrected chi connectivity index (χ0v) is 39.4. The Morgan fingerprint density at radius 3 is 0.361 bits per heavy atom. The number of aromatic amines is 6. The molecule has 6 aromatic rings. The molecule has 0 spiro atoms. The van der Waals surface area contributed by atoms with Crippen LogP contribution in [-0.4, -0.2) is 129 Å². The largest absolute Gasteiger partial charge is 0.353 e. The predicted octanol–water partition coefficient (Wildman–Crippen LogP) is -2.70. The van der Waals surface area contributed by atoms with Gasteiger partial charge in [0.05, 0.1) is 104 Å². The van der Waals surface area contributed by atoms with Crippen molar-refractivity contribution in [2.75, 3.05) is 40.0 Å². The molecule has 0 atom stereocenters. The Bertz CT molecular complexity index is 3080. The maximum absolute atomic E-state index is 3.49. The third kappa shape index (κ3) is 9.86. The highest BCUT2D eigenvalue weighted by Crippen LogP contribution is 2.12. The first-order chi connectivity index (χ1) is 35.4. The van der Waals surface area contributed by atoms with Gasteiger partial charge in [0.2, 0.25) is 0 Å². The summed E-state index contributed by atoms with van der Waals surface area (Å²) in [5, 5.41) is 12.8. The van der Waals surface area contributed by atoms with Crippen LogP contribution in [0.15, 0.2) is 147 Å². The van der Waals surface area contributed by atoms with E-state index < -0.39 is 0 Å². The van der Waals surface area contributed by atoms with Crippen LogP contribution < -0.4 is 64.2 Å². The normalized spacial score (nSPS) is 23.1. The monoisotopic (exact) mass is 954 g/mol. The number of nitrogens with one attached hydrogen (secondary N) is 6. The fourth-order valence-corrected chi connectivity index (χ4v) is 9.36. The molecule has 0 saturated heterocycles. The molecule has 14 rings (SSSR count). The van der Waals surface area contributed by atoms with Gasteiger partial charge in [0.25, 0.3) is 0 Å². The van der Waals surface area contributed by atoms with Gasteiger partial charge in [-0.2, -0.15) is 0 Å². The van der Waals surface area contributed by atoms with Gasteiger partial charge in [-0.3, -0.25) is 0 Å². The molecule has 8 aliphatic rings. The SMILES string of the molecule is C1=CN2/C=c3/cc/c([nH]3)=C/N3C=CN(/C=c4/cc/c([nH]4)=C/N4C=CN(/C=c5/ccc([nH]5)=CN1C2)C4)C3.C1=CN2/C=c3\cc/c([nH]3)=C/N3C=CN(/C=c4/cc/c([nH]4)=C\N4C=CN(/C=c5/ccc([nH]5)=CN1C2)C4)C3. The molecule has 24 bridgehead atoms. The first-order valence-electron chi connectivity index (χ1n) is 23.9. The van der Waals surface area contributed by atoms with E-state index in [0.29, 0.717) is 0 Å². The van der Waals surface area contributed by atoms with E-state index in [1.165, 1.54) is 0 Å². The Morgan fingerprint density at radius 2 is 0.264 bits per heavy atom. The topological polar surface area (TPSA) is 134 Å². The summed E-state index contributed by atoms with van der Waals surface area (Å²) in [6.07, 6.45) is 50.5. The van der Waals surface area contributed by atoms with E-state index >= 15 is 0 Å². The summed E-state index contributed by atoms with van der Waals surface area (Å²) in [7, 11) is 0. The molecule has 18 nitrogen and oxygen atoms in total. The Labute approximate surface area is 413 Å². The van der Waals surface area contributed by atoms with Gasteiger partial charge in [-0.05, 0) is 72.8 Å². The number of hydrogen-bond acceptors (Lipinski definition) is 12. The third-order valence-corrected chi connectivity index (χ3v) is 12.7. The van der Waals surface area contributed by atoms with Crippen molar-refractivity contribution in [1.29, 1.82) is 0 Å². The van der Waals surface area contributed by atoms with Crippen LogP contribution in [0.2, 0.25) is 0 Å². The first kappa shape index (κ1) is 42.3. The van der Waals surface area contributed by atoms with Crippen LogP contribution in [-0.2, 0) is 0 Å². The molecule has 6 N–H and O–H groups in total. The molecule has 14 heterocycles. The van der Waals surface area contributed by atoms with Gasteiger partial charge in [-0.25, -0.2) is 0 Å². The van der Waals surface area contributed by atoms with Gasteiger partial charge in [-0.1, -0.05) is 0 Å². The molecule has 0 fully saturated rings. The molecule has 8 aliphatic heterocycles. The van der Waals surface area contributed by atoms with Crippen LogP contribution >= 0.6 is 0 Å². The second kappa shape index (κ2) is 18.2. The van der Waals surface area contributed by atoms with Gasteiger partial charge in [-0.15, -0.1) is 0 Å². The molecule has 72 heavy (non-hydrogen) atoms. The Kier molecular flexibility index (Phi) is 10.7. The van der Waals surface area contributed by atoms with Crippen molar-refractivity contribution in [2.24, 2.45) is 0 Å². The third-order valence-electron chi connectivity index (χ3n) is 12.7. The molecule has 6 aromatic heterocycles. The molecule has 0 aliphatic carbocycles. The summed E-state index contributed by atoms with van der Waals surface area (Å²) in [5.41, 5.74) is 0. The van der Waals surface area contributed by atoms with E-state index in [0.717, 1.165) is 104 Å². The van der Waals surface area contributed by atoms with Crippen LogP contribution in [0.1, 0.15) is 0 Å². The number of aromatic nitrogens is 6. The van der Waals surface area contributed by atoms with Crippen LogP contribution in [0, 0.1) is 0 Å². The zero-order valence-electron chi connectivity index (χ0n) is 39.4. The van der Waals surface area contributed by atoms with Crippen molar-refractivity contribution in [3.8, 4) is 0 Å². The summed E-state index contributed by atoms with van der Waals surface area (Å²) < 4.78 is 0. The average molecular weight is 955 g/mol. The van der Waals surface area contributed by atoms with Crippen LogP contribution in [0.25, 0.3) is 74.4 Å². The number of H-pyrrole nitrogens is 6. The van der Waals surface area contributed by atoms with E-state index in [-0.39, 0.29) is 0 Å². The molecule has 18 heteroatoms. The molecule has 360 valence electrons. The fourth-order valence-electron chi connectivity index (χ4n) is 9.36. The van der Waals surface area contributed by atoms with Gasteiger partial charge in [0, 0.05) is 149 Å².